The molecule has 138 valence electrons. The van der Waals surface area contributed by atoms with E-state index in [1.165, 1.54) is 0 Å². The fourth-order valence-electron chi connectivity index (χ4n) is 3.49. The summed E-state index contributed by atoms with van der Waals surface area (Å²) < 4.78 is 20.3. The lowest BCUT2D eigenvalue weighted by atomic mass is 10.1. The lowest BCUT2D eigenvalue weighted by Crippen LogP contribution is -2.27. The summed E-state index contributed by atoms with van der Waals surface area (Å²) >= 11 is 0. The Morgan fingerprint density at radius 3 is 1.48 bits per heavy atom. The van der Waals surface area contributed by atoms with E-state index in [1.54, 1.807) is 24.3 Å². The summed E-state index contributed by atoms with van der Waals surface area (Å²) in [5.41, 5.74) is 3.78. The van der Waals surface area contributed by atoms with E-state index >= 15 is 0 Å². The molecular weight excluding hydrogens is 355 g/mol. The van der Waals surface area contributed by atoms with Crippen molar-refractivity contribution in [2.75, 3.05) is 0 Å². The van der Waals surface area contributed by atoms with E-state index < -0.39 is 13.3 Å². The van der Waals surface area contributed by atoms with Crippen LogP contribution in [0.1, 0.15) is 32.6 Å². The first-order valence-electron chi connectivity index (χ1n) is 8.87. The van der Waals surface area contributed by atoms with Gasteiger partial charge in [0.05, 0.1) is 16.2 Å². The molecule has 0 atom stereocenters. The van der Waals surface area contributed by atoms with Crippen molar-refractivity contribution in [1.29, 1.82) is 0 Å². The standard InChI is InChI=1S/C23H23O3P/c1-16-10-8-11-17(2)21(16)27(25,22-18(3)12-9-13-19(22)4)26-23(24)20-14-6-5-7-15-20/h5-15H,1-4H3. The van der Waals surface area contributed by atoms with Gasteiger partial charge in [0.25, 0.3) is 0 Å². The summed E-state index contributed by atoms with van der Waals surface area (Å²) in [5, 5.41) is 1.21. The SMILES string of the molecule is Cc1cccc(C)c1P(=O)(OC(=O)c1ccccc1)c1c(C)cccc1C. The zero-order chi connectivity index (χ0) is 19.6. The third-order valence-corrected chi connectivity index (χ3v) is 7.70. The molecule has 0 aromatic heterocycles. The van der Waals surface area contributed by atoms with Gasteiger partial charge in [-0.25, -0.2) is 4.79 Å². The van der Waals surface area contributed by atoms with Gasteiger partial charge < -0.3 is 4.52 Å². The first-order chi connectivity index (χ1) is 12.8. The Kier molecular flexibility index (Phi) is 5.34. The Bertz CT molecular complexity index is 943. The molecule has 3 rings (SSSR count). The van der Waals surface area contributed by atoms with Crippen molar-refractivity contribution in [2.24, 2.45) is 0 Å². The first kappa shape index (κ1) is 19.1. The van der Waals surface area contributed by atoms with E-state index in [0.29, 0.717) is 16.2 Å². The number of benzene rings is 3. The fourth-order valence-corrected chi connectivity index (χ4v) is 6.39. The molecule has 0 saturated heterocycles. The fraction of sp³-hybridized carbons (Fsp3) is 0.174. The van der Waals surface area contributed by atoms with Gasteiger partial charge >= 0.3 is 13.3 Å². The van der Waals surface area contributed by atoms with E-state index in [2.05, 4.69) is 0 Å². The molecular formula is C23H23O3P. The van der Waals surface area contributed by atoms with Crippen LogP contribution in [0.2, 0.25) is 0 Å². The van der Waals surface area contributed by atoms with Crippen molar-refractivity contribution in [3.8, 4) is 0 Å². The minimum atomic E-state index is -3.65. The zero-order valence-corrected chi connectivity index (χ0v) is 16.9. The molecule has 3 aromatic carbocycles. The van der Waals surface area contributed by atoms with Crippen molar-refractivity contribution < 1.29 is 13.9 Å². The molecule has 27 heavy (non-hydrogen) atoms. The number of carbonyl (C=O) groups is 1. The number of hydrogen-bond acceptors (Lipinski definition) is 3. The van der Waals surface area contributed by atoms with Crippen LogP contribution in [-0.4, -0.2) is 5.97 Å². The molecule has 0 aliphatic rings. The van der Waals surface area contributed by atoms with Gasteiger partial charge in [0, 0.05) is 0 Å². The molecule has 0 saturated carbocycles. The first-order valence-corrected chi connectivity index (χ1v) is 10.5. The van der Waals surface area contributed by atoms with Crippen LogP contribution >= 0.6 is 7.37 Å². The summed E-state index contributed by atoms with van der Waals surface area (Å²) in [5.74, 6) is -0.579. The maximum absolute atomic E-state index is 14.4. The molecule has 0 aliphatic carbocycles. The van der Waals surface area contributed by atoms with E-state index in [4.69, 9.17) is 4.52 Å². The molecule has 3 nitrogen and oxygen atoms in total. The zero-order valence-electron chi connectivity index (χ0n) is 16.0. The molecule has 0 radical (unpaired) electrons. The molecule has 4 heteroatoms. The maximum atomic E-state index is 14.4. The summed E-state index contributed by atoms with van der Waals surface area (Å²) in [6.07, 6.45) is 0. The van der Waals surface area contributed by atoms with Crippen LogP contribution in [-0.2, 0) is 9.09 Å². The average molecular weight is 378 g/mol. The molecule has 0 N–H and O–H groups in total. The highest BCUT2D eigenvalue weighted by Gasteiger charge is 2.37. The minimum absolute atomic E-state index is 0.384. The maximum Gasteiger partial charge on any atom is 0.343 e. The molecule has 0 spiro atoms. The Balaban J connectivity index is 2.25. The Morgan fingerprint density at radius 1 is 0.667 bits per heavy atom. The second kappa shape index (κ2) is 7.54. The smallest absolute Gasteiger partial charge is 0.343 e. The molecule has 0 amide bonds. The molecule has 3 aromatic rings. The van der Waals surface area contributed by atoms with Crippen LogP contribution in [0, 0.1) is 27.7 Å². The summed E-state index contributed by atoms with van der Waals surface area (Å²) in [7, 11) is -3.65. The van der Waals surface area contributed by atoms with Gasteiger partial charge in [0.15, 0.2) is 0 Å². The lowest BCUT2D eigenvalue weighted by molar-refractivity contribution is 0.0747. The molecule has 0 bridgehead atoms. The molecule has 0 unspecified atom stereocenters. The van der Waals surface area contributed by atoms with Crippen molar-refractivity contribution >= 4 is 23.9 Å². The normalized spacial score (nSPS) is 11.3. The third kappa shape index (κ3) is 3.61. The molecule has 0 fully saturated rings. The van der Waals surface area contributed by atoms with Crippen LogP contribution in [0.5, 0.6) is 0 Å². The van der Waals surface area contributed by atoms with Crippen molar-refractivity contribution in [3.05, 3.63) is 94.5 Å². The van der Waals surface area contributed by atoms with Crippen LogP contribution in [0.15, 0.2) is 66.7 Å². The van der Waals surface area contributed by atoms with Gasteiger partial charge in [0.1, 0.15) is 0 Å². The van der Waals surface area contributed by atoms with E-state index in [9.17, 15) is 9.36 Å². The second-order valence-electron chi connectivity index (χ2n) is 6.78. The van der Waals surface area contributed by atoms with Crippen LogP contribution < -0.4 is 10.6 Å². The lowest BCUT2D eigenvalue weighted by Gasteiger charge is -2.25. The van der Waals surface area contributed by atoms with Gasteiger partial charge in [-0.15, -0.1) is 0 Å². The predicted molar refractivity (Wildman–Crippen MR) is 111 cm³/mol. The summed E-state index contributed by atoms with van der Waals surface area (Å²) in [6.45, 7) is 7.61. The van der Waals surface area contributed by atoms with E-state index in [-0.39, 0.29) is 0 Å². The average Bonchev–Trinajstić information content (AvgIpc) is 2.62. The monoisotopic (exact) mass is 378 g/mol. The number of carbonyl (C=O) groups excluding carboxylic acids is 1. The highest BCUT2D eigenvalue weighted by atomic mass is 31.2. The number of hydrogen-bond donors (Lipinski definition) is 0. The quantitative estimate of drug-likeness (QED) is 0.600. The molecule has 0 aliphatic heterocycles. The van der Waals surface area contributed by atoms with Crippen molar-refractivity contribution in [3.63, 3.8) is 0 Å². The number of rotatable bonds is 4. The molecule has 0 heterocycles. The second-order valence-corrected chi connectivity index (χ2v) is 8.96. The van der Waals surface area contributed by atoms with Gasteiger partial charge in [-0.1, -0.05) is 54.6 Å². The Morgan fingerprint density at radius 2 is 1.07 bits per heavy atom. The van der Waals surface area contributed by atoms with Crippen molar-refractivity contribution in [1.82, 2.24) is 0 Å². The number of aryl methyl sites for hydroxylation is 4. The minimum Gasteiger partial charge on any atom is -0.401 e. The Labute approximate surface area is 160 Å². The van der Waals surface area contributed by atoms with Crippen LogP contribution in [0.4, 0.5) is 0 Å². The van der Waals surface area contributed by atoms with Gasteiger partial charge in [0.2, 0.25) is 0 Å². The highest BCUT2D eigenvalue weighted by Crippen LogP contribution is 2.49. The van der Waals surface area contributed by atoms with Gasteiger partial charge in [-0.3, -0.25) is 4.57 Å². The largest absolute Gasteiger partial charge is 0.401 e. The predicted octanol–water partition coefficient (Wildman–Crippen LogP) is 5.01. The van der Waals surface area contributed by atoms with E-state index in [1.807, 2.05) is 70.2 Å². The van der Waals surface area contributed by atoms with Crippen LogP contribution in [0.3, 0.4) is 0 Å². The van der Waals surface area contributed by atoms with Gasteiger partial charge in [-0.2, -0.15) is 0 Å². The summed E-state index contributed by atoms with van der Waals surface area (Å²) in [6, 6.07) is 20.1. The van der Waals surface area contributed by atoms with Gasteiger partial charge in [-0.05, 0) is 62.1 Å². The Hall–Kier alpha value is -2.64. The van der Waals surface area contributed by atoms with Crippen molar-refractivity contribution in [2.45, 2.75) is 27.7 Å². The summed E-state index contributed by atoms with van der Waals surface area (Å²) in [4.78, 5) is 12.9. The van der Waals surface area contributed by atoms with Crippen LogP contribution in [0.25, 0.3) is 0 Å². The third-order valence-electron chi connectivity index (χ3n) is 4.69. The topological polar surface area (TPSA) is 43.4 Å². The highest BCUT2D eigenvalue weighted by molar-refractivity contribution is 7.75. The van der Waals surface area contributed by atoms with E-state index in [0.717, 1.165) is 22.3 Å².